The van der Waals surface area contributed by atoms with Crippen LogP contribution in [0.4, 0.5) is 24.5 Å². The molecule has 11 heteroatoms. The minimum atomic E-state index is -3.25. The molecule has 2 unspecified atom stereocenters. The summed E-state index contributed by atoms with van der Waals surface area (Å²) in [6, 6.07) is 7.33. The molecule has 1 aromatic carbocycles. The fourth-order valence-corrected chi connectivity index (χ4v) is 6.00. The molecule has 218 valence electrons. The van der Waals surface area contributed by atoms with Crippen molar-refractivity contribution in [2.24, 2.45) is 0 Å². The topological polar surface area (TPSA) is 96.7 Å². The number of halogens is 3. The van der Waals surface area contributed by atoms with Gasteiger partial charge < -0.3 is 25.9 Å². The quantitative estimate of drug-likeness (QED) is 0.291. The molecule has 40 heavy (non-hydrogen) atoms. The maximum atomic E-state index is 14.4. The van der Waals surface area contributed by atoms with E-state index in [1.165, 1.54) is 6.21 Å². The molecule has 5 rings (SSSR count). The number of ether oxygens (including phenoxy) is 1. The van der Waals surface area contributed by atoms with Gasteiger partial charge in [-0.2, -0.15) is 0 Å². The van der Waals surface area contributed by atoms with Gasteiger partial charge in [0.1, 0.15) is 12.8 Å². The van der Waals surface area contributed by atoms with Gasteiger partial charge in [-0.3, -0.25) is 19.2 Å². The van der Waals surface area contributed by atoms with Gasteiger partial charge in [-0.15, -0.1) is 0 Å². The molecular formula is C29H39F3N6O2. The first-order valence-corrected chi connectivity index (χ1v) is 14.2. The molecule has 4 N–H and O–H groups in total. The van der Waals surface area contributed by atoms with Crippen LogP contribution in [0.25, 0.3) is 0 Å². The van der Waals surface area contributed by atoms with Crippen molar-refractivity contribution in [1.82, 2.24) is 14.8 Å². The predicted octanol–water partition coefficient (Wildman–Crippen LogP) is 4.05. The van der Waals surface area contributed by atoms with E-state index in [9.17, 15) is 18.3 Å². The van der Waals surface area contributed by atoms with E-state index >= 15 is 0 Å². The molecule has 2 aromatic rings. The molecular weight excluding hydrogens is 521 g/mol. The van der Waals surface area contributed by atoms with Crippen molar-refractivity contribution in [3.63, 3.8) is 0 Å². The zero-order chi connectivity index (χ0) is 28.1. The Morgan fingerprint density at radius 2 is 2.02 bits per heavy atom. The van der Waals surface area contributed by atoms with Gasteiger partial charge in [-0.05, 0) is 61.4 Å². The third kappa shape index (κ3) is 6.59. The molecule has 4 heterocycles. The number of aliphatic hydroxyl groups excluding tert-OH is 1. The first-order valence-electron chi connectivity index (χ1n) is 14.2. The zero-order valence-corrected chi connectivity index (χ0v) is 22.7. The number of nitrogens with zero attached hydrogens (tertiary/aromatic N) is 3. The van der Waals surface area contributed by atoms with Crippen LogP contribution in [0.2, 0.25) is 0 Å². The number of nitrogens with one attached hydrogen (secondary N) is 3. The minimum absolute atomic E-state index is 0.113. The van der Waals surface area contributed by atoms with E-state index in [4.69, 9.17) is 15.1 Å². The Labute approximate surface area is 233 Å². The van der Waals surface area contributed by atoms with Gasteiger partial charge in [0.15, 0.2) is 0 Å². The lowest BCUT2D eigenvalue weighted by molar-refractivity contribution is -0.0788. The van der Waals surface area contributed by atoms with E-state index in [1.54, 1.807) is 11.1 Å². The highest BCUT2D eigenvalue weighted by atomic mass is 19.3. The molecule has 2 fully saturated rings. The highest BCUT2D eigenvalue weighted by molar-refractivity contribution is 5.89. The lowest BCUT2D eigenvalue weighted by Crippen LogP contribution is -2.54. The van der Waals surface area contributed by atoms with Crippen molar-refractivity contribution in [2.45, 2.75) is 56.3 Å². The summed E-state index contributed by atoms with van der Waals surface area (Å²) in [7, 11) is 0. The third-order valence-electron chi connectivity index (χ3n) is 8.01. The number of likely N-dealkylation sites (tertiary alicyclic amines) is 1. The smallest absolute Gasteiger partial charge is 0.283 e. The molecule has 2 atom stereocenters. The van der Waals surface area contributed by atoms with Crippen LogP contribution in [0.5, 0.6) is 0 Å². The van der Waals surface area contributed by atoms with E-state index in [0.29, 0.717) is 31.7 Å². The monoisotopic (exact) mass is 560 g/mol. The van der Waals surface area contributed by atoms with Crippen molar-refractivity contribution in [1.29, 1.82) is 5.41 Å². The molecule has 3 aliphatic rings. The first kappa shape index (κ1) is 28.8. The lowest BCUT2D eigenvalue weighted by atomic mass is 9.86. The van der Waals surface area contributed by atoms with Gasteiger partial charge in [-0.1, -0.05) is 6.07 Å². The molecule has 0 radical (unpaired) electrons. The van der Waals surface area contributed by atoms with E-state index in [-0.39, 0.29) is 18.9 Å². The summed E-state index contributed by atoms with van der Waals surface area (Å²) in [5.74, 6) is -3.25. The number of anilines is 2. The summed E-state index contributed by atoms with van der Waals surface area (Å²) in [6.07, 6.45) is 6.99. The van der Waals surface area contributed by atoms with Gasteiger partial charge in [0.25, 0.3) is 5.92 Å². The van der Waals surface area contributed by atoms with Crippen molar-refractivity contribution >= 4 is 17.6 Å². The van der Waals surface area contributed by atoms with Gasteiger partial charge in [0.2, 0.25) is 0 Å². The summed E-state index contributed by atoms with van der Waals surface area (Å²) in [4.78, 5) is 8.56. The van der Waals surface area contributed by atoms with E-state index < -0.39 is 25.1 Å². The highest BCUT2D eigenvalue weighted by Crippen LogP contribution is 2.39. The number of alkyl halides is 3. The maximum Gasteiger partial charge on any atom is 0.283 e. The summed E-state index contributed by atoms with van der Waals surface area (Å²) >= 11 is 0. The number of hydrogen-bond acceptors (Lipinski definition) is 8. The molecule has 1 aromatic heterocycles. The average Bonchev–Trinajstić information content (AvgIpc) is 2.95. The number of aliphatic hydroxyl groups is 1. The maximum absolute atomic E-state index is 14.4. The second kappa shape index (κ2) is 12.8. The molecule has 0 saturated carbocycles. The fraction of sp³-hybridized carbons (Fsp3) is 0.586. The van der Waals surface area contributed by atoms with Crippen LogP contribution in [0.1, 0.15) is 54.1 Å². The molecule has 0 aliphatic carbocycles. The summed E-state index contributed by atoms with van der Waals surface area (Å²) < 4.78 is 47.1. The number of rotatable bonds is 12. The Morgan fingerprint density at radius 1 is 1.18 bits per heavy atom. The Kier molecular flexibility index (Phi) is 9.24. The minimum Gasteiger partial charge on any atom is -0.390 e. The normalized spacial score (nSPS) is 22.4. The predicted molar refractivity (Wildman–Crippen MR) is 149 cm³/mol. The largest absolute Gasteiger partial charge is 0.390 e. The first-order chi connectivity index (χ1) is 19.4. The van der Waals surface area contributed by atoms with Crippen LogP contribution in [-0.4, -0.2) is 96.9 Å². The average molecular weight is 561 g/mol. The van der Waals surface area contributed by atoms with Crippen LogP contribution in [0.3, 0.4) is 0 Å². The van der Waals surface area contributed by atoms with Gasteiger partial charge in [0.05, 0.1) is 42.9 Å². The Bertz CT molecular complexity index is 1140. The molecule has 0 amide bonds. The number of hydrogen-bond donors (Lipinski definition) is 4. The Hall–Kier alpha value is -2.73. The van der Waals surface area contributed by atoms with Gasteiger partial charge in [-0.25, -0.2) is 8.78 Å². The number of benzene rings is 1. The third-order valence-corrected chi connectivity index (χ3v) is 8.01. The second-order valence-electron chi connectivity index (χ2n) is 11.0. The Balaban J connectivity index is 1.38. The molecule has 8 nitrogen and oxygen atoms in total. The molecule has 3 aliphatic heterocycles. The van der Waals surface area contributed by atoms with E-state index in [0.717, 1.165) is 67.0 Å². The number of pyridine rings is 1. The fourth-order valence-electron chi connectivity index (χ4n) is 6.00. The molecule has 2 saturated heterocycles. The number of fused-ring (bicyclic) bond motifs is 1. The van der Waals surface area contributed by atoms with Crippen LogP contribution >= 0.6 is 0 Å². The van der Waals surface area contributed by atoms with E-state index in [2.05, 4.69) is 15.5 Å². The summed E-state index contributed by atoms with van der Waals surface area (Å²) in [5, 5.41) is 24.4. The second-order valence-corrected chi connectivity index (χ2v) is 11.0. The highest BCUT2D eigenvalue weighted by Gasteiger charge is 2.39. The lowest BCUT2D eigenvalue weighted by Gasteiger charge is -2.40. The summed E-state index contributed by atoms with van der Waals surface area (Å²) in [6.45, 7) is 1.36. The standard InChI is InChI=1S/C29H39F3N6O2/c30-10-3-11-37-16-21(17-37)35-20-5-7-26(34-15-20)28-23-6-8-25(36-27-4-1-2-13-40-27)24(14-33)22(23)9-12-38(28)18-29(31,32)19-39/h5-8,14-15,21,27-28,33,35-36,39H,1-4,9-13,16-19H2. The van der Waals surface area contributed by atoms with Crippen LogP contribution < -0.4 is 10.6 Å². The van der Waals surface area contributed by atoms with Crippen molar-refractivity contribution in [3.8, 4) is 0 Å². The van der Waals surface area contributed by atoms with Gasteiger partial charge in [0, 0.05) is 50.3 Å². The zero-order valence-electron chi connectivity index (χ0n) is 22.7. The van der Waals surface area contributed by atoms with Crippen LogP contribution in [0, 0.1) is 5.41 Å². The van der Waals surface area contributed by atoms with Crippen LogP contribution in [0.15, 0.2) is 30.5 Å². The van der Waals surface area contributed by atoms with E-state index in [1.807, 2.05) is 24.3 Å². The van der Waals surface area contributed by atoms with Crippen molar-refractivity contribution < 1.29 is 23.0 Å². The molecule has 0 bridgehead atoms. The van der Waals surface area contributed by atoms with Crippen LogP contribution in [-0.2, 0) is 11.2 Å². The number of aromatic nitrogens is 1. The SMILES string of the molecule is N=Cc1c(NC2CCCCO2)ccc2c1CCN(CC(F)(F)CO)C2c1ccc(NC2CN(CCCF)C2)cn1. The van der Waals surface area contributed by atoms with Crippen molar-refractivity contribution in [2.75, 3.05) is 63.2 Å². The Morgan fingerprint density at radius 3 is 2.70 bits per heavy atom. The van der Waals surface area contributed by atoms with Crippen molar-refractivity contribution in [3.05, 3.63) is 52.8 Å². The summed E-state index contributed by atoms with van der Waals surface area (Å²) in [5.41, 5.74) is 4.80. The molecule has 0 spiro atoms. The van der Waals surface area contributed by atoms with Gasteiger partial charge >= 0.3 is 0 Å².